The SMILES string of the molecule is CC(C)COC(=O)N1CCC([C@H](C)Oc2cnc(-c3ccnnc3)cn2)CC1.CCc1cnc(N2CCC([C@H](C)Oc3cnc(-c4ccnnc4)cn3)CC2)nc1.C[C@H](Oc1cnc(-c2ccnnc2)cn1)C1CCN(C(=O)Oc2ccccc2)CC1.Cc1cnc(N2CCC([C@H](C)Oc3cnc(-c4ccnnc4)cn3)CC2)nc1. The lowest BCUT2D eigenvalue weighted by molar-refractivity contribution is 0.0575. The largest absolute Gasteiger partial charge is 0.473 e. The van der Waals surface area contributed by atoms with Crippen molar-refractivity contribution in [3.8, 4) is 74.3 Å². The van der Waals surface area contributed by atoms with E-state index < -0.39 is 0 Å². The number of rotatable bonds is 22. The molecule has 11 aromatic rings. The number of aryl methyl sites for hydroxylation is 2. The second-order valence-corrected chi connectivity index (χ2v) is 29.0. The zero-order valence-electron chi connectivity index (χ0n) is 66.2. The minimum atomic E-state index is -0.305. The van der Waals surface area contributed by atoms with Crippen LogP contribution in [0.5, 0.6) is 29.3 Å². The molecule has 15 rings (SSSR count). The normalized spacial score (nSPS) is 15.8. The van der Waals surface area contributed by atoms with Crippen LogP contribution < -0.4 is 33.5 Å². The van der Waals surface area contributed by atoms with Crippen LogP contribution in [-0.2, 0) is 11.2 Å². The molecule has 0 N–H and O–H groups in total. The number of nitrogens with zero attached hydrogens (tertiary/aromatic N) is 24. The Morgan fingerprint density at radius 2 is 0.687 bits per heavy atom. The van der Waals surface area contributed by atoms with Crippen molar-refractivity contribution in [1.29, 1.82) is 0 Å². The minimum Gasteiger partial charge on any atom is -0.473 e. The third kappa shape index (κ3) is 24.4. The van der Waals surface area contributed by atoms with E-state index in [1.54, 1.807) is 121 Å². The molecule has 598 valence electrons. The van der Waals surface area contributed by atoms with E-state index in [0.29, 0.717) is 91.6 Å². The van der Waals surface area contributed by atoms with Gasteiger partial charge in [-0.2, -0.15) is 40.8 Å². The van der Waals surface area contributed by atoms with Crippen molar-refractivity contribution in [1.82, 2.24) is 110 Å². The monoisotopic (exact) mass is 1560 g/mol. The highest BCUT2D eigenvalue weighted by molar-refractivity contribution is 5.71. The number of likely N-dealkylation sites (tertiary alicyclic amines) is 2. The van der Waals surface area contributed by atoms with E-state index in [9.17, 15) is 9.59 Å². The average Bonchev–Trinajstić information content (AvgIpc) is 0.849. The Kier molecular flexibility index (Phi) is 29.7. The van der Waals surface area contributed by atoms with Gasteiger partial charge in [0.1, 0.15) is 30.2 Å². The molecular weight excluding hydrogens is 1460 g/mol. The summed E-state index contributed by atoms with van der Waals surface area (Å²) in [5.41, 5.74) is 8.67. The lowest BCUT2D eigenvalue weighted by atomic mass is 9.92. The average molecular weight is 1560 g/mol. The Morgan fingerprint density at radius 3 is 0.983 bits per heavy atom. The first-order valence-corrected chi connectivity index (χ1v) is 39.2. The first-order valence-electron chi connectivity index (χ1n) is 39.2. The summed E-state index contributed by atoms with van der Waals surface area (Å²) in [5.74, 6) is 6.23. The fraction of sp³-hybridized carbons (Fsp3) is 0.422. The molecule has 0 bridgehead atoms. The maximum Gasteiger partial charge on any atom is 0.415 e. The number of hydrogen-bond donors (Lipinski definition) is 0. The number of carbonyl (C=O) groups is 2. The van der Waals surface area contributed by atoms with E-state index in [2.05, 4.69) is 131 Å². The van der Waals surface area contributed by atoms with Gasteiger partial charge in [-0.25, -0.2) is 69.4 Å². The maximum atomic E-state index is 12.3. The number of carbonyl (C=O) groups excluding carboxylic acids is 2. The lowest BCUT2D eigenvalue weighted by Crippen LogP contribution is -2.43. The maximum absolute atomic E-state index is 12.3. The molecule has 0 saturated carbocycles. The van der Waals surface area contributed by atoms with Gasteiger partial charge in [-0.05, 0) is 170 Å². The number of benzene rings is 1. The number of piperidine rings is 4. The highest BCUT2D eigenvalue weighted by atomic mass is 16.6. The zero-order valence-corrected chi connectivity index (χ0v) is 66.2. The van der Waals surface area contributed by atoms with E-state index in [1.165, 1.54) is 0 Å². The van der Waals surface area contributed by atoms with Crippen LogP contribution in [0.1, 0.15) is 111 Å². The Labute approximate surface area is 669 Å². The molecule has 0 spiro atoms. The summed E-state index contributed by atoms with van der Waals surface area (Å²) < 4.78 is 34.8. The summed E-state index contributed by atoms with van der Waals surface area (Å²) in [7, 11) is 0. The molecule has 1 aromatic carbocycles. The molecule has 14 heterocycles. The summed E-state index contributed by atoms with van der Waals surface area (Å²) in [4.78, 5) is 85.4. The topological polar surface area (TPSA) is 360 Å². The minimum absolute atomic E-state index is 0.00317. The number of anilines is 2. The first kappa shape index (κ1) is 81.8. The number of amides is 2. The van der Waals surface area contributed by atoms with Crippen LogP contribution in [0.3, 0.4) is 0 Å². The van der Waals surface area contributed by atoms with E-state index in [-0.39, 0.29) is 36.6 Å². The number of ether oxygens (including phenoxy) is 6. The van der Waals surface area contributed by atoms with Crippen LogP contribution in [0.2, 0.25) is 0 Å². The van der Waals surface area contributed by atoms with Gasteiger partial charge in [-0.3, -0.25) is 0 Å². The van der Waals surface area contributed by atoms with Crippen molar-refractivity contribution in [2.45, 2.75) is 138 Å². The Morgan fingerprint density at radius 1 is 0.365 bits per heavy atom. The molecule has 2 amide bonds. The second kappa shape index (κ2) is 41.8. The third-order valence-corrected chi connectivity index (χ3v) is 20.5. The van der Waals surface area contributed by atoms with Gasteiger partial charge in [0.25, 0.3) is 0 Å². The molecule has 0 unspecified atom stereocenters. The summed E-state index contributed by atoms with van der Waals surface area (Å²) in [6.07, 6.45) is 42.2. The van der Waals surface area contributed by atoms with Crippen molar-refractivity contribution in [2.24, 2.45) is 29.6 Å². The molecule has 32 nitrogen and oxygen atoms in total. The Balaban J connectivity index is 0.000000142. The van der Waals surface area contributed by atoms with Crippen molar-refractivity contribution >= 4 is 24.1 Å². The molecule has 4 aliphatic rings. The fourth-order valence-corrected chi connectivity index (χ4v) is 13.5. The van der Waals surface area contributed by atoms with Gasteiger partial charge < -0.3 is 48.0 Å². The van der Waals surface area contributed by atoms with Gasteiger partial charge in [0.05, 0.1) is 129 Å². The fourth-order valence-electron chi connectivity index (χ4n) is 13.5. The predicted octanol–water partition coefficient (Wildman–Crippen LogP) is 12.5. The van der Waals surface area contributed by atoms with E-state index in [4.69, 9.17) is 28.4 Å². The molecule has 4 aliphatic heterocycles. The van der Waals surface area contributed by atoms with Crippen LogP contribution in [-0.4, -0.2) is 206 Å². The third-order valence-electron chi connectivity index (χ3n) is 20.5. The van der Waals surface area contributed by atoms with Crippen LogP contribution in [0.15, 0.2) is 179 Å². The predicted molar refractivity (Wildman–Crippen MR) is 428 cm³/mol. The van der Waals surface area contributed by atoms with Crippen LogP contribution in [0.25, 0.3) is 45.0 Å². The van der Waals surface area contributed by atoms with Gasteiger partial charge in [0, 0.05) is 99.4 Å². The molecule has 0 radical (unpaired) electrons. The van der Waals surface area contributed by atoms with Gasteiger partial charge in [-0.15, -0.1) is 0 Å². The molecule has 4 fully saturated rings. The summed E-state index contributed by atoms with van der Waals surface area (Å²) in [5, 5.41) is 30.5. The summed E-state index contributed by atoms with van der Waals surface area (Å²) in [6.45, 7) is 23.3. The van der Waals surface area contributed by atoms with Crippen molar-refractivity contribution in [3.63, 3.8) is 0 Å². The van der Waals surface area contributed by atoms with Crippen LogP contribution >= 0.6 is 0 Å². The quantitative estimate of drug-likeness (QED) is 0.0608. The smallest absolute Gasteiger partial charge is 0.415 e. The number of aromatic nitrogens is 20. The van der Waals surface area contributed by atoms with Gasteiger partial charge in [0.2, 0.25) is 35.4 Å². The van der Waals surface area contributed by atoms with Crippen molar-refractivity contribution < 1.29 is 38.0 Å². The van der Waals surface area contributed by atoms with Crippen molar-refractivity contribution in [3.05, 3.63) is 190 Å². The molecule has 115 heavy (non-hydrogen) atoms. The second-order valence-electron chi connectivity index (χ2n) is 29.0. The Bertz CT molecular complexity index is 4660. The molecular formula is C83H98N24O8. The molecule has 4 atom stereocenters. The highest BCUT2D eigenvalue weighted by Crippen LogP contribution is 2.31. The molecule has 10 aromatic heterocycles. The number of hydrogen-bond acceptors (Lipinski definition) is 30. The summed E-state index contributed by atoms with van der Waals surface area (Å²) in [6, 6.07) is 16.5. The van der Waals surface area contributed by atoms with E-state index in [0.717, 1.165) is 152 Å². The molecule has 0 aliphatic carbocycles. The van der Waals surface area contributed by atoms with Crippen molar-refractivity contribution in [2.75, 3.05) is 68.8 Å². The highest BCUT2D eigenvalue weighted by Gasteiger charge is 2.32. The summed E-state index contributed by atoms with van der Waals surface area (Å²) >= 11 is 0. The van der Waals surface area contributed by atoms with Crippen LogP contribution in [0.4, 0.5) is 21.5 Å². The Hall–Kier alpha value is -12.6. The van der Waals surface area contributed by atoms with Gasteiger partial charge in [-0.1, -0.05) is 39.0 Å². The van der Waals surface area contributed by atoms with Gasteiger partial charge >= 0.3 is 12.2 Å². The van der Waals surface area contributed by atoms with E-state index in [1.807, 2.05) is 102 Å². The van der Waals surface area contributed by atoms with Crippen LogP contribution in [0, 0.1) is 36.5 Å². The zero-order chi connectivity index (χ0) is 80.1. The molecule has 4 saturated heterocycles. The standard InChI is InChI=1S/C22H23N5O3.C21H25N7O.C20H23N7O.C20H27N5O3/c1-16(29-21-15-23-20(14-24-21)18-7-10-25-26-13-18)17-8-11-27(12-9-17)22(28)30-19-5-3-2-4-6-19;1-3-16-10-24-21(25-11-16)28-8-5-17(6-9-28)15(2)29-20-14-22-19(13-23-20)18-4-7-26-27-12-18;1-14-9-23-20(24-10-14)27-7-4-16(5-8-27)15(2)28-19-13-21-18(12-22-19)17-3-6-25-26-11-17;1-14(2)13-27-20(26)25-8-5-16(6-9-25)15(3)28-19-12-21-18(11-22-19)17-4-7-23-24-10-17/h2-7,10,13-17H,8-9,11-12H2,1H3;4,7,10-15,17H,3,5-6,8-9H2,1-2H3;3,6,9-13,15-16H,4-5,7-8H2,1-2H3;4,7,10-12,14-16H,5-6,8-9,13H2,1-3H3/t16-;3*15-/m0000/s1. The lowest BCUT2D eigenvalue weighted by Gasteiger charge is -2.34. The van der Waals surface area contributed by atoms with E-state index >= 15 is 0 Å². The first-order chi connectivity index (χ1) is 56.1. The number of para-hydroxylation sites is 1. The van der Waals surface area contributed by atoms with Gasteiger partial charge in [0.15, 0.2) is 0 Å². The molecule has 32 heteroatoms.